The number of halogens is 1. The highest BCUT2D eigenvalue weighted by atomic mass is 79.9. The molecule has 0 unspecified atom stereocenters. The minimum absolute atomic E-state index is 0.365. The standard InChI is InChI=1S/C19H19BrN2O3S2/c1-12(25-16-4-2-3-15(20)11-16)17(23)21-22-18(24)13-5-7-14(8-6-13)19-26-9-10-27-19/h2-8,11-12,19H,9-10H2,1H3,(H,21,23)(H,22,24)/t12-/m0/s1. The lowest BCUT2D eigenvalue weighted by atomic mass is 10.1. The van der Waals surface area contributed by atoms with Gasteiger partial charge in [0.2, 0.25) is 0 Å². The molecule has 2 amide bonds. The van der Waals surface area contributed by atoms with Gasteiger partial charge >= 0.3 is 0 Å². The third-order valence-corrected chi connectivity index (χ3v) is 7.44. The summed E-state index contributed by atoms with van der Waals surface area (Å²) < 4.78 is 6.87. The number of hydrogen-bond donors (Lipinski definition) is 2. The normalized spacial score (nSPS) is 15.2. The molecule has 27 heavy (non-hydrogen) atoms. The molecule has 1 atom stereocenters. The molecule has 142 valence electrons. The van der Waals surface area contributed by atoms with Gasteiger partial charge < -0.3 is 4.74 Å². The monoisotopic (exact) mass is 466 g/mol. The van der Waals surface area contributed by atoms with E-state index in [-0.39, 0.29) is 5.91 Å². The summed E-state index contributed by atoms with van der Waals surface area (Å²) >= 11 is 7.19. The second kappa shape index (κ2) is 9.52. The van der Waals surface area contributed by atoms with Gasteiger partial charge in [0.1, 0.15) is 5.75 Å². The van der Waals surface area contributed by atoms with Crippen molar-refractivity contribution in [1.29, 1.82) is 0 Å². The first-order valence-electron chi connectivity index (χ1n) is 8.38. The topological polar surface area (TPSA) is 67.4 Å². The highest BCUT2D eigenvalue weighted by Crippen LogP contribution is 2.45. The van der Waals surface area contributed by atoms with Gasteiger partial charge in [0.25, 0.3) is 11.8 Å². The van der Waals surface area contributed by atoms with Crippen molar-refractivity contribution in [3.05, 3.63) is 64.1 Å². The van der Waals surface area contributed by atoms with Gasteiger partial charge in [-0.15, -0.1) is 23.5 Å². The molecule has 1 aliphatic heterocycles. The van der Waals surface area contributed by atoms with E-state index < -0.39 is 12.0 Å². The maximum absolute atomic E-state index is 12.2. The molecular weight excluding hydrogens is 448 g/mol. The lowest BCUT2D eigenvalue weighted by Crippen LogP contribution is -2.47. The van der Waals surface area contributed by atoms with Gasteiger partial charge in [0, 0.05) is 21.5 Å². The Morgan fingerprint density at radius 1 is 1.11 bits per heavy atom. The highest BCUT2D eigenvalue weighted by Gasteiger charge is 2.19. The molecule has 1 heterocycles. The van der Waals surface area contributed by atoms with Crippen molar-refractivity contribution in [2.24, 2.45) is 0 Å². The van der Waals surface area contributed by atoms with Gasteiger partial charge in [-0.3, -0.25) is 20.4 Å². The molecule has 5 nitrogen and oxygen atoms in total. The predicted octanol–water partition coefficient (Wildman–Crippen LogP) is 4.16. The van der Waals surface area contributed by atoms with Crippen LogP contribution in [0.4, 0.5) is 0 Å². The van der Waals surface area contributed by atoms with Crippen molar-refractivity contribution in [3.8, 4) is 5.75 Å². The number of rotatable bonds is 5. The number of ether oxygens (including phenoxy) is 1. The Morgan fingerprint density at radius 3 is 2.48 bits per heavy atom. The summed E-state index contributed by atoms with van der Waals surface area (Å²) in [5.74, 6) is 2.08. The fourth-order valence-electron chi connectivity index (χ4n) is 2.43. The van der Waals surface area contributed by atoms with Crippen molar-refractivity contribution in [3.63, 3.8) is 0 Å². The Morgan fingerprint density at radius 2 is 1.81 bits per heavy atom. The number of thioether (sulfide) groups is 2. The molecule has 8 heteroatoms. The van der Waals surface area contributed by atoms with Crippen LogP contribution in [-0.4, -0.2) is 29.4 Å². The van der Waals surface area contributed by atoms with Gasteiger partial charge in [-0.1, -0.05) is 34.1 Å². The molecule has 0 bridgehead atoms. The van der Waals surface area contributed by atoms with E-state index in [9.17, 15) is 9.59 Å². The van der Waals surface area contributed by atoms with E-state index >= 15 is 0 Å². The summed E-state index contributed by atoms with van der Waals surface area (Å²) in [5, 5.41) is 0. The van der Waals surface area contributed by atoms with Gasteiger partial charge in [0.05, 0.1) is 4.58 Å². The zero-order valence-electron chi connectivity index (χ0n) is 14.6. The zero-order chi connectivity index (χ0) is 19.2. The van der Waals surface area contributed by atoms with Crippen LogP contribution in [-0.2, 0) is 4.79 Å². The number of carbonyl (C=O) groups is 2. The quantitative estimate of drug-likeness (QED) is 0.647. The first-order valence-corrected chi connectivity index (χ1v) is 11.3. The molecule has 0 saturated carbocycles. The van der Waals surface area contributed by atoms with Crippen LogP contribution in [0.5, 0.6) is 5.75 Å². The van der Waals surface area contributed by atoms with Crippen LogP contribution in [0.2, 0.25) is 0 Å². The molecule has 0 spiro atoms. The number of hydrazine groups is 1. The first-order chi connectivity index (χ1) is 13.0. The molecule has 3 rings (SSSR count). The number of hydrogen-bond acceptors (Lipinski definition) is 5. The number of carbonyl (C=O) groups excluding carboxylic acids is 2. The van der Waals surface area contributed by atoms with Gasteiger partial charge in [-0.25, -0.2) is 0 Å². The largest absolute Gasteiger partial charge is 0.481 e. The van der Waals surface area contributed by atoms with Crippen molar-refractivity contribution in [1.82, 2.24) is 10.9 Å². The molecule has 2 aromatic rings. The number of benzene rings is 2. The summed E-state index contributed by atoms with van der Waals surface area (Å²) in [6.07, 6.45) is -0.751. The summed E-state index contributed by atoms with van der Waals surface area (Å²) in [6.45, 7) is 1.62. The molecule has 2 aromatic carbocycles. The Hall–Kier alpha value is -1.64. The highest BCUT2D eigenvalue weighted by molar-refractivity contribution is 9.10. The third-order valence-electron chi connectivity index (χ3n) is 3.84. The Labute approximate surface area is 175 Å². The van der Waals surface area contributed by atoms with Crippen LogP contribution in [0.25, 0.3) is 0 Å². The molecule has 0 aromatic heterocycles. The Bertz CT molecular complexity index is 811. The second-order valence-corrected chi connectivity index (χ2v) is 9.50. The molecule has 1 saturated heterocycles. The zero-order valence-corrected chi connectivity index (χ0v) is 17.8. The van der Waals surface area contributed by atoms with E-state index in [4.69, 9.17) is 4.74 Å². The predicted molar refractivity (Wildman–Crippen MR) is 114 cm³/mol. The summed E-state index contributed by atoms with van der Waals surface area (Å²) in [7, 11) is 0. The Kier molecular flexibility index (Phi) is 7.09. The van der Waals surface area contributed by atoms with Crippen molar-refractivity contribution >= 4 is 51.3 Å². The fourth-order valence-corrected chi connectivity index (χ4v) is 5.67. The van der Waals surface area contributed by atoms with Crippen molar-refractivity contribution < 1.29 is 14.3 Å². The second-order valence-electron chi connectivity index (χ2n) is 5.86. The molecular formula is C19H19BrN2O3S2. The van der Waals surface area contributed by atoms with Crippen molar-refractivity contribution in [2.45, 2.75) is 17.6 Å². The van der Waals surface area contributed by atoms with E-state index in [0.29, 0.717) is 15.9 Å². The molecule has 1 fully saturated rings. The van der Waals surface area contributed by atoms with Crippen LogP contribution in [0, 0.1) is 0 Å². The van der Waals surface area contributed by atoms with Gasteiger partial charge in [-0.2, -0.15) is 0 Å². The molecule has 2 N–H and O–H groups in total. The first kappa shape index (κ1) is 20.1. The summed E-state index contributed by atoms with van der Waals surface area (Å²) in [6, 6.07) is 14.7. The lowest BCUT2D eigenvalue weighted by Gasteiger charge is -2.15. The Balaban J connectivity index is 1.49. The van der Waals surface area contributed by atoms with Crippen LogP contribution >= 0.6 is 39.5 Å². The van der Waals surface area contributed by atoms with Crippen LogP contribution in [0.15, 0.2) is 53.0 Å². The minimum atomic E-state index is -0.751. The van der Waals surface area contributed by atoms with Crippen LogP contribution in [0.3, 0.4) is 0 Å². The third kappa shape index (κ3) is 5.67. The summed E-state index contributed by atoms with van der Waals surface area (Å²) in [5.41, 5.74) is 6.53. The van der Waals surface area contributed by atoms with Crippen molar-refractivity contribution in [2.75, 3.05) is 11.5 Å². The fraction of sp³-hybridized carbons (Fsp3) is 0.263. The maximum Gasteiger partial charge on any atom is 0.279 e. The van der Waals surface area contributed by atoms with Crippen LogP contribution in [0.1, 0.15) is 27.4 Å². The lowest BCUT2D eigenvalue weighted by molar-refractivity contribution is -0.128. The number of nitrogens with one attached hydrogen (secondary N) is 2. The smallest absolute Gasteiger partial charge is 0.279 e. The molecule has 0 aliphatic carbocycles. The van der Waals surface area contributed by atoms with Crippen LogP contribution < -0.4 is 15.6 Å². The van der Waals surface area contributed by atoms with E-state index in [1.165, 1.54) is 5.56 Å². The minimum Gasteiger partial charge on any atom is -0.481 e. The van der Waals surface area contributed by atoms with E-state index in [2.05, 4.69) is 26.8 Å². The van der Waals surface area contributed by atoms with Gasteiger partial charge in [-0.05, 0) is 42.8 Å². The number of amides is 2. The molecule has 0 radical (unpaired) electrons. The van der Waals surface area contributed by atoms with Gasteiger partial charge in [0.15, 0.2) is 6.10 Å². The van der Waals surface area contributed by atoms with E-state index in [0.717, 1.165) is 16.0 Å². The SMILES string of the molecule is C[C@H](Oc1cccc(Br)c1)C(=O)NNC(=O)c1ccc(C2SCCS2)cc1. The summed E-state index contributed by atoms with van der Waals surface area (Å²) in [4.78, 5) is 24.4. The average Bonchev–Trinajstić information content (AvgIpc) is 3.20. The van der Waals surface area contributed by atoms with E-state index in [1.54, 1.807) is 31.2 Å². The average molecular weight is 467 g/mol. The molecule has 1 aliphatic rings. The van der Waals surface area contributed by atoms with E-state index in [1.807, 2.05) is 47.8 Å². The maximum atomic E-state index is 12.2.